The minimum atomic E-state index is -1.03. The zero-order valence-corrected chi connectivity index (χ0v) is 19.7. The second-order valence-corrected chi connectivity index (χ2v) is 9.13. The highest BCUT2D eigenvalue weighted by atomic mass is 19.1. The van der Waals surface area contributed by atoms with Gasteiger partial charge in [0, 0.05) is 36.6 Å². The van der Waals surface area contributed by atoms with E-state index in [2.05, 4.69) is 20.9 Å². The molecule has 36 heavy (non-hydrogen) atoms. The number of hydrogen-bond donors (Lipinski definition) is 4. The Morgan fingerprint density at radius 3 is 2.78 bits per heavy atom. The monoisotopic (exact) mass is 493 g/mol. The number of amides is 2. The third-order valence-corrected chi connectivity index (χ3v) is 6.82. The summed E-state index contributed by atoms with van der Waals surface area (Å²) in [5, 5.41) is 9.92. The number of nitrogens with zero attached hydrogens (tertiary/aromatic N) is 1. The molecule has 0 bridgehead atoms. The van der Waals surface area contributed by atoms with Gasteiger partial charge in [0.25, 0.3) is 0 Å². The molecule has 4 aromatic rings. The molecule has 2 aromatic heterocycles. The van der Waals surface area contributed by atoms with Crippen molar-refractivity contribution < 1.29 is 18.4 Å². The van der Waals surface area contributed by atoms with Crippen LogP contribution in [0.4, 0.5) is 4.39 Å². The van der Waals surface area contributed by atoms with Gasteiger partial charge >= 0.3 is 5.76 Å². The van der Waals surface area contributed by atoms with Crippen molar-refractivity contribution in [1.82, 2.24) is 25.5 Å². The molecule has 0 radical (unpaired) electrons. The Balaban J connectivity index is 1.22. The van der Waals surface area contributed by atoms with Gasteiger partial charge in [-0.2, -0.15) is 0 Å². The van der Waals surface area contributed by atoms with E-state index >= 15 is 0 Å². The summed E-state index contributed by atoms with van der Waals surface area (Å²) in [5.74, 6) is -1.38. The number of aromatic amines is 1. The Bertz CT molecular complexity index is 1460. The lowest BCUT2D eigenvalue weighted by Gasteiger charge is -2.37. The van der Waals surface area contributed by atoms with Crippen LogP contribution in [0.15, 0.2) is 57.9 Å². The van der Waals surface area contributed by atoms with Crippen molar-refractivity contribution in [3.05, 3.63) is 70.6 Å². The molecule has 0 saturated carbocycles. The maximum Gasteiger partial charge on any atom is 0.419 e. The van der Waals surface area contributed by atoms with Crippen molar-refractivity contribution in [3.8, 4) is 0 Å². The standard InChI is InChI=1S/C26H28FN5O4/c27-18-5-6-20-19(15-18)17(16-30-20)7-11-29-24(34)26(9-12-28-13-10-26)31-23(33)8-14-32-21-3-1-2-4-22(21)36-25(32)35/h1-6,15-16,28,30H,7-14H2,(H,29,34)(H,31,33). The van der Waals surface area contributed by atoms with Gasteiger partial charge in [-0.15, -0.1) is 0 Å². The summed E-state index contributed by atoms with van der Waals surface area (Å²) >= 11 is 0. The molecule has 0 atom stereocenters. The summed E-state index contributed by atoms with van der Waals surface area (Å²) in [5.41, 5.74) is 1.81. The molecule has 2 aromatic carbocycles. The molecule has 0 unspecified atom stereocenters. The number of H-pyrrole nitrogens is 1. The Hall–Kier alpha value is -3.92. The molecule has 2 amide bonds. The normalized spacial score (nSPS) is 15.2. The lowest BCUT2D eigenvalue weighted by atomic mass is 9.87. The molecule has 0 aliphatic carbocycles. The second kappa shape index (κ2) is 9.98. The average molecular weight is 494 g/mol. The van der Waals surface area contributed by atoms with Crippen molar-refractivity contribution >= 4 is 33.8 Å². The number of halogens is 1. The number of carbonyl (C=O) groups excluding carboxylic acids is 2. The first-order chi connectivity index (χ1) is 17.4. The van der Waals surface area contributed by atoms with Crippen LogP contribution in [-0.4, -0.2) is 46.5 Å². The molecular weight excluding hydrogens is 465 g/mol. The Morgan fingerprint density at radius 1 is 1.14 bits per heavy atom. The van der Waals surface area contributed by atoms with E-state index < -0.39 is 11.3 Å². The van der Waals surface area contributed by atoms with Gasteiger partial charge in [-0.3, -0.25) is 14.2 Å². The summed E-state index contributed by atoms with van der Waals surface area (Å²) in [4.78, 5) is 41.5. The maximum absolute atomic E-state index is 13.7. The van der Waals surface area contributed by atoms with E-state index in [0.717, 1.165) is 16.5 Å². The fourth-order valence-corrected chi connectivity index (χ4v) is 4.87. The van der Waals surface area contributed by atoms with E-state index in [4.69, 9.17) is 4.42 Å². The molecule has 0 spiro atoms. The molecule has 1 aliphatic rings. The Kier molecular flexibility index (Phi) is 6.60. The van der Waals surface area contributed by atoms with E-state index in [1.165, 1.54) is 16.7 Å². The number of hydrogen-bond acceptors (Lipinski definition) is 5. The zero-order valence-electron chi connectivity index (χ0n) is 19.7. The number of aromatic nitrogens is 2. The largest absolute Gasteiger partial charge is 0.419 e. The lowest BCUT2D eigenvalue weighted by molar-refractivity contribution is -0.134. The number of piperidine rings is 1. The van der Waals surface area contributed by atoms with E-state index in [1.54, 1.807) is 30.3 Å². The van der Waals surface area contributed by atoms with Crippen molar-refractivity contribution in [1.29, 1.82) is 0 Å². The van der Waals surface area contributed by atoms with Gasteiger partial charge in [-0.05, 0) is 68.2 Å². The predicted molar refractivity (Wildman–Crippen MR) is 133 cm³/mol. The molecule has 5 rings (SSSR count). The predicted octanol–water partition coefficient (Wildman–Crippen LogP) is 2.20. The molecule has 188 valence electrons. The van der Waals surface area contributed by atoms with Crippen molar-refractivity contribution in [3.63, 3.8) is 0 Å². The average Bonchev–Trinajstić information content (AvgIpc) is 3.42. The van der Waals surface area contributed by atoms with Crippen LogP contribution >= 0.6 is 0 Å². The second-order valence-electron chi connectivity index (χ2n) is 9.13. The highest BCUT2D eigenvalue weighted by Crippen LogP contribution is 2.21. The minimum absolute atomic E-state index is 0.0345. The maximum atomic E-state index is 13.7. The molecular formula is C26H28FN5O4. The van der Waals surface area contributed by atoms with E-state index in [9.17, 15) is 18.8 Å². The first kappa shape index (κ1) is 23.8. The van der Waals surface area contributed by atoms with E-state index in [-0.39, 0.29) is 30.6 Å². The molecule has 1 aliphatic heterocycles. The fraction of sp³-hybridized carbons (Fsp3) is 0.346. The number of aryl methyl sites for hydroxylation is 1. The van der Waals surface area contributed by atoms with Crippen LogP contribution in [0.2, 0.25) is 0 Å². The molecule has 9 nitrogen and oxygen atoms in total. The summed E-state index contributed by atoms with van der Waals surface area (Å²) in [6, 6.07) is 11.6. The van der Waals surface area contributed by atoms with Crippen molar-refractivity contribution in [2.45, 2.75) is 37.8 Å². The van der Waals surface area contributed by atoms with Crippen LogP contribution in [0.3, 0.4) is 0 Å². The number of para-hydroxylation sites is 2. The molecule has 1 saturated heterocycles. The quantitative estimate of drug-likeness (QED) is 0.300. The number of benzene rings is 2. The molecule has 1 fully saturated rings. The SMILES string of the molecule is O=C(CCn1c(=O)oc2ccccc21)NC1(C(=O)NCCc2c[nH]c3ccc(F)cc23)CCNCC1. The van der Waals surface area contributed by atoms with E-state index in [1.807, 2.05) is 6.20 Å². The van der Waals surface area contributed by atoms with Gasteiger partial charge in [0.2, 0.25) is 11.8 Å². The van der Waals surface area contributed by atoms with Gasteiger partial charge in [0.15, 0.2) is 5.58 Å². The smallest absolute Gasteiger partial charge is 0.408 e. The molecule has 4 N–H and O–H groups in total. The highest BCUT2D eigenvalue weighted by molar-refractivity contribution is 5.92. The highest BCUT2D eigenvalue weighted by Gasteiger charge is 2.40. The fourth-order valence-electron chi connectivity index (χ4n) is 4.87. The zero-order chi connectivity index (χ0) is 25.1. The third kappa shape index (κ3) is 4.76. The van der Waals surface area contributed by atoms with E-state index in [0.29, 0.717) is 50.0 Å². The van der Waals surface area contributed by atoms with Gasteiger partial charge in [-0.25, -0.2) is 9.18 Å². The van der Waals surface area contributed by atoms with Crippen LogP contribution in [0.25, 0.3) is 22.0 Å². The molecule has 3 heterocycles. The Morgan fingerprint density at radius 2 is 1.94 bits per heavy atom. The number of rotatable bonds is 8. The van der Waals surface area contributed by atoms with Crippen LogP contribution in [-0.2, 0) is 22.6 Å². The number of carbonyl (C=O) groups is 2. The van der Waals surface area contributed by atoms with Crippen molar-refractivity contribution in [2.24, 2.45) is 0 Å². The lowest BCUT2D eigenvalue weighted by Crippen LogP contribution is -2.63. The third-order valence-electron chi connectivity index (χ3n) is 6.82. The van der Waals surface area contributed by atoms with Crippen LogP contribution in [0.1, 0.15) is 24.8 Å². The summed E-state index contributed by atoms with van der Waals surface area (Å²) in [6.45, 7) is 1.70. The van der Waals surface area contributed by atoms with Gasteiger partial charge in [0.05, 0.1) is 5.52 Å². The number of fused-ring (bicyclic) bond motifs is 2. The van der Waals surface area contributed by atoms with Gasteiger partial charge in [-0.1, -0.05) is 12.1 Å². The van der Waals surface area contributed by atoms with Gasteiger partial charge in [0.1, 0.15) is 11.4 Å². The van der Waals surface area contributed by atoms with Crippen LogP contribution < -0.4 is 21.7 Å². The summed E-state index contributed by atoms with van der Waals surface area (Å²) in [7, 11) is 0. The first-order valence-corrected chi connectivity index (χ1v) is 12.1. The first-order valence-electron chi connectivity index (χ1n) is 12.1. The molecule has 10 heteroatoms. The van der Waals surface area contributed by atoms with Crippen LogP contribution in [0, 0.1) is 5.82 Å². The number of nitrogens with one attached hydrogen (secondary N) is 4. The van der Waals surface area contributed by atoms with Crippen molar-refractivity contribution in [2.75, 3.05) is 19.6 Å². The topological polar surface area (TPSA) is 121 Å². The minimum Gasteiger partial charge on any atom is -0.408 e. The summed E-state index contributed by atoms with van der Waals surface area (Å²) < 4.78 is 20.3. The number of oxazole rings is 1. The van der Waals surface area contributed by atoms with Crippen LogP contribution in [0.5, 0.6) is 0 Å². The summed E-state index contributed by atoms with van der Waals surface area (Å²) in [6.07, 6.45) is 3.29. The Labute approximate surface area is 206 Å². The van der Waals surface area contributed by atoms with Gasteiger partial charge < -0.3 is 25.4 Å².